The third kappa shape index (κ3) is 4.04. The zero-order chi connectivity index (χ0) is 17.8. The number of amides is 1. The van der Waals surface area contributed by atoms with Gasteiger partial charge in [-0.25, -0.2) is 0 Å². The fourth-order valence-corrected chi connectivity index (χ4v) is 3.49. The molecule has 9 heteroatoms. The van der Waals surface area contributed by atoms with Crippen LogP contribution in [0, 0.1) is 5.92 Å². The summed E-state index contributed by atoms with van der Waals surface area (Å²) < 4.78 is 10.7. The number of morpholine rings is 1. The number of ether oxygens (including phenoxy) is 2. The highest BCUT2D eigenvalue weighted by Crippen LogP contribution is 2.19. The van der Waals surface area contributed by atoms with E-state index in [2.05, 4.69) is 30.1 Å². The largest absolute Gasteiger partial charge is 0.381 e. The van der Waals surface area contributed by atoms with E-state index in [1.165, 1.54) is 0 Å². The van der Waals surface area contributed by atoms with Crippen molar-refractivity contribution in [2.45, 2.75) is 25.8 Å². The molecule has 1 unspecified atom stereocenters. The molecule has 4 rings (SSSR count). The number of hydrogen-bond acceptors (Lipinski definition) is 8. The van der Waals surface area contributed by atoms with Gasteiger partial charge in [0.25, 0.3) is 0 Å². The molecule has 9 nitrogen and oxygen atoms in total. The van der Waals surface area contributed by atoms with Crippen molar-refractivity contribution in [3.63, 3.8) is 0 Å². The van der Waals surface area contributed by atoms with Gasteiger partial charge in [-0.1, -0.05) is 0 Å². The van der Waals surface area contributed by atoms with Gasteiger partial charge in [0.05, 0.1) is 32.3 Å². The number of hydrogen-bond donors (Lipinski definition) is 1. The average molecular weight is 362 g/mol. The Hall–Kier alpha value is -2.00. The number of nitrogens with one attached hydrogen (secondary N) is 1. The number of aromatic nitrogens is 3. The van der Waals surface area contributed by atoms with Crippen molar-refractivity contribution in [2.24, 2.45) is 5.92 Å². The van der Waals surface area contributed by atoms with Crippen LogP contribution in [0.4, 0.5) is 11.9 Å². The minimum absolute atomic E-state index is 0.0126. The van der Waals surface area contributed by atoms with Crippen molar-refractivity contribution in [3.8, 4) is 0 Å². The summed E-state index contributed by atoms with van der Waals surface area (Å²) in [5.74, 6) is 1.95. The van der Waals surface area contributed by atoms with Gasteiger partial charge in [0, 0.05) is 32.8 Å². The molecule has 26 heavy (non-hydrogen) atoms. The highest BCUT2D eigenvalue weighted by atomic mass is 16.5. The molecule has 3 saturated heterocycles. The predicted molar refractivity (Wildman–Crippen MR) is 95.1 cm³/mol. The van der Waals surface area contributed by atoms with Crippen LogP contribution in [-0.2, 0) is 20.8 Å². The zero-order valence-corrected chi connectivity index (χ0v) is 15.0. The summed E-state index contributed by atoms with van der Waals surface area (Å²) in [4.78, 5) is 30.5. The molecule has 1 atom stereocenters. The van der Waals surface area contributed by atoms with E-state index in [4.69, 9.17) is 9.47 Å². The number of anilines is 2. The van der Waals surface area contributed by atoms with Crippen molar-refractivity contribution in [1.82, 2.24) is 20.3 Å². The second kappa shape index (κ2) is 8.13. The molecule has 3 fully saturated rings. The van der Waals surface area contributed by atoms with Crippen LogP contribution >= 0.6 is 0 Å². The van der Waals surface area contributed by atoms with Gasteiger partial charge in [0.2, 0.25) is 17.8 Å². The first-order valence-electron chi connectivity index (χ1n) is 9.47. The van der Waals surface area contributed by atoms with E-state index in [0.29, 0.717) is 50.7 Å². The lowest BCUT2D eigenvalue weighted by atomic mass is 10.1. The molecular formula is C17H26N6O3. The molecule has 0 bridgehead atoms. The van der Waals surface area contributed by atoms with Gasteiger partial charge in [-0.2, -0.15) is 15.0 Å². The molecule has 1 aromatic heterocycles. The Morgan fingerprint density at radius 2 is 1.65 bits per heavy atom. The summed E-state index contributed by atoms with van der Waals surface area (Å²) in [6.45, 7) is 6.32. The highest BCUT2D eigenvalue weighted by Gasteiger charge is 2.24. The monoisotopic (exact) mass is 362 g/mol. The molecule has 142 valence electrons. The number of carbonyl (C=O) groups is 1. The lowest BCUT2D eigenvalue weighted by Gasteiger charge is -2.28. The predicted octanol–water partition coefficient (Wildman–Crippen LogP) is -0.0389. The molecule has 0 saturated carbocycles. The van der Waals surface area contributed by atoms with E-state index in [0.717, 1.165) is 45.4 Å². The molecule has 1 aromatic rings. The third-order valence-corrected chi connectivity index (χ3v) is 5.06. The number of nitrogens with zero attached hydrogens (tertiary/aromatic N) is 5. The van der Waals surface area contributed by atoms with Gasteiger partial charge in [0.1, 0.15) is 0 Å². The molecule has 0 aromatic carbocycles. The summed E-state index contributed by atoms with van der Waals surface area (Å²) in [6.07, 6.45) is 3.10. The van der Waals surface area contributed by atoms with Crippen LogP contribution in [0.5, 0.6) is 0 Å². The molecule has 4 heterocycles. The molecule has 0 radical (unpaired) electrons. The summed E-state index contributed by atoms with van der Waals surface area (Å²) in [7, 11) is 0. The first-order chi connectivity index (χ1) is 12.8. The van der Waals surface area contributed by atoms with Crippen LogP contribution in [0.25, 0.3) is 0 Å². The fourth-order valence-electron chi connectivity index (χ4n) is 3.49. The zero-order valence-electron chi connectivity index (χ0n) is 15.0. The van der Waals surface area contributed by atoms with Crippen LogP contribution in [0.3, 0.4) is 0 Å². The van der Waals surface area contributed by atoms with Gasteiger partial charge in [-0.05, 0) is 19.3 Å². The third-order valence-electron chi connectivity index (χ3n) is 5.06. The molecule has 0 aliphatic carbocycles. The first kappa shape index (κ1) is 17.4. The minimum Gasteiger partial charge on any atom is -0.381 e. The van der Waals surface area contributed by atoms with Crippen LogP contribution in [-0.4, -0.2) is 73.5 Å². The van der Waals surface area contributed by atoms with E-state index >= 15 is 0 Å². The maximum Gasteiger partial charge on any atom is 0.230 e. The quantitative estimate of drug-likeness (QED) is 0.780. The number of carbonyl (C=O) groups excluding carboxylic acids is 1. The summed E-state index contributed by atoms with van der Waals surface area (Å²) in [5.41, 5.74) is 0. The Balaban J connectivity index is 1.49. The van der Waals surface area contributed by atoms with Crippen LogP contribution < -0.4 is 15.1 Å². The molecule has 0 spiro atoms. The molecule has 3 aliphatic rings. The normalized spacial score (nSPS) is 23.5. The Kier molecular flexibility index (Phi) is 5.45. The summed E-state index contributed by atoms with van der Waals surface area (Å²) in [6, 6.07) is 0. The summed E-state index contributed by atoms with van der Waals surface area (Å²) in [5, 5.41) is 2.96. The highest BCUT2D eigenvalue weighted by molar-refractivity contribution is 5.78. The van der Waals surface area contributed by atoms with Crippen molar-refractivity contribution >= 4 is 17.8 Å². The maximum absolute atomic E-state index is 12.2. The Morgan fingerprint density at radius 1 is 0.962 bits per heavy atom. The van der Waals surface area contributed by atoms with Gasteiger partial charge in [-0.15, -0.1) is 0 Å². The SMILES string of the molecule is O=C(NCc1nc(N2CCCC2)nc(N2CCOCC2)n1)C1CCOC1. The van der Waals surface area contributed by atoms with Crippen molar-refractivity contribution in [2.75, 3.05) is 62.4 Å². The van der Waals surface area contributed by atoms with Crippen LogP contribution in [0.1, 0.15) is 25.1 Å². The lowest BCUT2D eigenvalue weighted by Crippen LogP contribution is -2.38. The molecule has 3 aliphatic heterocycles. The van der Waals surface area contributed by atoms with Gasteiger partial charge in [-0.3, -0.25) is 4.79 Å². The lowest BCUT2D eigenvalue weighted by molar-refractivity contribution is -0.125. The fraction of sp³-hybridized carbons (Fsp3) is 0.765. The Bertz CT molecular complexity index is 625. The molecular weight excluding hydrogens is 336 g/mol. The van der Waals surface area contributed by atoms with Gasteiger partial charge < -0.3 is 24.6 Å². The van der Waals surface area contributed by atoms with E-state index < -0.39 is 0 Å². The first-order valence-corrected chi connectivity index (χ1v) is 9.47. The average Bonchev–Trinajstić information content (AvgIpc) is 3.40. The van der Waals surface area contributed by atoms with Crippen molar-refractivity contribution in [1.29, 1.82) is 0 Å². The second-order valence-corrected chi connectivity index (χ2v) is 6.92. The van der Waals surface area contributed by atoms with Crippen LogP contribution in [0.2, 0.25) is 0 Å². The summed E-state index contributed by atoms with van der Waals surface area (Å²) >= 11 is 0. The molecule has 1 N–H and O–H groups in total. The minimum atomic E-state index is -0.0615. The maximum atomic E-state index is 12.2. The van der Waals surface area contributed by atoms with Gasteiger partial charge >= 0.3 is 0 Å². The smallest absolute Gasteiger partial charge is 0.230 e. The van der Waals surface area contributed by atoms with Gasteiger partial charge in [0.15, 0.2) is 5.82 Å². The Morgan fingerprint density at radius 3 is 2.31 bits per heavy atom. The Labute approximate surface area is 153 Å². The van der Waals surface area contributed by atoms with Crippen LogP contribution in [0.15, 0.2) is 0 Å². The second-order valence-electron chi connectivity index (χ2n) is 6.92. The standard InChI is InChI=1S/C17H26N6O3/c24-15(13-3-8-26-12-13)18-11-14-19-16(22-4-1-2-5-22)21-17(20-14)23-6-9-25-10-7-23/h13H,1-12H2,(H,18,24). The van der Waals surface area contributed by atoms with E-state index in [1.54, 1.807) is 0 Å². The number of rotatable bonds is 5. The molecule has 1 amide bonds. The van der Waals surface area contributed by atoms with E-state index in [9.17, 15) is 4.79 Å². The topological polar surface area (TPSA) is 92.7 Å². The van der Waals surface area contributed by atoms with Crippen molar-refractivity contribution < 1.29 is 14.3 Å². The van der Waals surface area contributed by atoms with E-state index in [-0.39, 0.29) is 11.8 Å². The van der Waals surface area contributed by atoms with E-state index in [1.807, 2.05) is 0 Å². The van der Waals surface area contributed by atoms with Crippen molar-refractivity contribution in [3.05, 3.63) is 5.82 Å².